The molecular weight excluding hydrogens is 660 g/mol. The Hall–Kier alpha value is 7.74. The van der Waals surface area contributed by atoms with E-state index in [0.717, 1.165) is 0 Å². The minimum absolute atomic E-state index is 0. The summed E-state index contributed by atoms with van der Waals surface area (Å²) in [5.41, 5.74) is -2.86. The van der Waals surface area contributed by atoms with Gasteiger partial charge in [-0.25, -0.2) is 4.79 Å². The van der Waals surface area contributed by atoms with Gasteiger partial charge in [-0.15, -0.1) is 0 Å². The average Bonchev–Trinajstić information content (AvgIpc) is 2.18. The fourth-order valence-electron chi connectivity index (χ4n) is 0.814. The number of carboxylic acid groups (broad SMARTS) is 3. The predicted octanol–water partition coefficient (Wildman–Crippen LogP) is -37.0. The maximum absolute atomic E-state index is 10.3. The van der Waals surface area contributed by atoms with Crippen LogP contribution in [0.5, 0.6) is 0 Å². The molecule has 0 aliphatic heterocycles. The topological polar surface area (TPSA) is 360 Å². The maximum atomic E-state index is 10.3. The summed E-state index contributed by atoms with van der Waals surface area (Å²) in [4.78, 5) is 93.1. The molecule has 36 heavy (non-hydrogen) atoms. The first-order chi connectivity index (χ1) is 11.5. The van der Waals surface area contributed by atoms with E-state index in [4.69, 9.17) is 29.5 Å². The fourth-order valence-corrected chi connectivity index (χ4v) is 1.79. The number of hydrogen-bond donors (Lipinski definition) is 2. The maximum Gasteiger partial charge on any atom is 1.00 e. The Morgan fingerprint density at radius 2 is 0.778 bits per heavy atom. The molecule has 2 N–H and O–H groups in total. The van der Waals surface area contributed by atoms with Crippen molar-refractivity contribution in [3.8, 4) is 0 Å². The van der Waals surface area contributed by atoms with Crippen molar-refractivity contribution < 1.29 is 353 Å². The van der Waals surface area contributed by atoms with Crippen LogP contribution in [0.25, 0.3) is 0 Å². The van der Waals surface area contributed by atoms with E-state index in [1.165, 1.54) is 0 Å². The van der Waals surface area contributed by atoms with Crippen LogP contribution in [0.3, 0.4) is 0 Å². The standard InChI is InChI=1S/C6H8O7.9Na.H4O7P2.H3O4P/c7-3(8)1-6(13,5(11)12)2-4(9)10;;;;;;;;;;1-8(2,3)7-9(4,5)6;1-5(2,3)4/h13H,1-2H2,(H,7,8)(H,9,10)(H,11,12);;;;;;;;;;(H2,1,2,3)(H2,4,5,6);(H3,1,2,3,4)/q;9*+1;;/p-9. The number of rotatable bonds is 7. The summed E-state index contributed by atoms with van der Waals surface area (Å²) in [6.07, 6.45) is -2.59. The van der Waals surface area contributed by atoms with Gasteiger partial charge in [-0.3, -0.25) is 0 Å². The zero-order valence-electron chi connectivity index (χ0n) is 21.2. The van der Waals surface area contributed by atoms with Crippen molar-refractivity contribution in [1.29, 1.82) is 0 Å². The van der Waals surface area contributed by atoms with Gasteiger partial charge in [-0.1, -0.05) is 0 Å². The first kappa shape index (κ1) is 79.3. The third kappa shape index (κ3) is 78.3. The molecule has 0 aromatic rings. The van der Waals surface area contributed by atoms with Crippen molar-refractivity contribution in [2.45, 2.75) is 18.4 Å². The first-order valence-corrected chi connectivity index (χ1v) is 9.70. The van der Waals surface area contributed by atoms with Gasteiger partial charge in [0.2, 0.25) is 0 Å². The zero-order chi connectivity index (χ0) is 22.9. The number of carbonyl (C=O) groups excluding carboxylic acids is 2. The number of carboxylic acids is 3. The van der Waals surface area contributed by atoms with E-state index in [1.807, 2.05) is 0 Å². The summed E-state index contributed by atoms with van der Waals surface area (Å²) in [6, 6.07) is 0. The quantitative estimate of drug-likeness (QED) is 0.188. The second kappa shape index (κ2) is 38.9. The Morgan fingerprint density at radius 1 is 0.611 bits per heavy atom. The van der Waals surface area contributed by atoms with Gasteiger partial charge in [0.15, 0.2) is 5.60 Å². The van der Waals surface area contributed by atoms with Crippen molar-refractivity contribution >= 4 is 41.4 Å². The van der Waals surface area contributed by atoms with Gasteiger partial charge in [-0.05, 0) is 0 Å². The zero-order valence-corrected chi connectivity index (χ0v) is 41.9. The third-order valence-electron chi connectivity index (χ3n) is 1.47. The Morgan fingerprint density at radius 3 is 0.833 bits per heavy atom. The Kier molecular flexibility index (Phi) is 85.7. The van der Waals surface area contributed by atoms with E-state index in [1.54, 1.807) is 0 Å². The minimum atomic E-state index is -5.68. The van der Waals surface area contributed by atoms with Crippen LogP contribution >= 0.6 is 23.5 Å². The van der Waals surface area contributed by atoms with E-state index >= 15 is 0 Å². The number of aliphatic hydroxyl groups is 1. The van der Waals surface area contributed by atoms with Gasteiger partial charge in [-0.2, -0.15) is 7.82 Å². The molecule has 0 spiro atoms. The molecule has 0 aromatic carbocycles. The molecule has 0 rings (SSSR count). The van der Waals surface area contributed by atoms with E-state index in [9.17, 15) is 53.3 Å². The molecule has 0 aliphatic carbocycles. The van der Waals surface area contributed by atoms with Crippen LogP contribution in [0, 0.1) is 0 Å². The second-order valence-corrected chi connectivity index (χ2v) is 7.19. The van der Waals surface area contributed by atoms with E-state index in [2.05, 4.69) is 4.31 Å². The molecule has 0 bridgehead atoms. The normalized spacial score (nSPS) is 9.00. The van der Waals surface area contributed by atoms with Crippen molar-refractivity contribution in [3.63, 3.8) is 0 Å². The van der Waals surface area contributed by atoms with Crippen LogP contribution in [0.1, 0.15) is 12.8 Å². The van der Waals surface area contributed by atoms with Crippen molar-refractivity contribution in [1.82, 2.24) is 0 Å². The molecule has 0 fully saturated rings. The number of hydrogen-bond acceptors (Lipinski definition) is 17. The summed E-state index contributed by atoms with van der Waals surface area (Å²) >= 11 is 0. The summed E-state index contributed by atoms with van der Waals surface area (Å²) < 4.78 is 29.7. The van der Waals surface area contributed by atoms with Crippen LogP contribution in [0.15, 0.2) is 0 Å². The Balaban J connectivity index is -0.0000000227. The molecule has 0 atom stereocenters. The van der Waals surface area contributed by atoms with E-state index < -0.39 is 59.8 Å². The Bertz CT molecular complexity index is 633. The third-order valence-corrected chi connectivity index (χ3v) is 3.07. The minimum Gasteiger partial charge on any atom is -0.822 e. The van der Waals surface area contributed by atoms with E-state index in [-0.39, 0.29) is 266 Å². The van der Waals surface area contributed by atoms with Gasteiger partial charge in [0.25, 0.3) is 0 Å². The van der Waals surface area contributed by atoms with Crippen LogP contribution < -0.4 is 310 Å². The molecule has 0 amide bonds. The summed E-state index contributed by atoms with van der Waals surface area (Å²) in [6.45, 7) is 0. The molecular formula is C6H6Na9O18P3. The molecule has 162 valence electrons. The van der Waals surface area contributed by atoms with Gasteiger partial charge < -0.3 is 82.3 Å². The van der Waals surface area contributed by atoms with Gasteiger partial charge in [0, 0.05) is 24.8 Å². The van der Waals surface area contributed by atoms with Crippen molar-refractivity contribution in [3.05, 3.63) is 0 Å². The largest absolute Gasteiger partial charge is 1.00 e. The molecule has 0 saturated heterocycles. The van der Waals surface area contributed by atoms with E-state index in [0.29, 0.717) is 0 Å². The number of carbonyl (C=O) groups is 3. The fraction of sp³-hybridized carbons (Fsp3) is 0.500. The van der Waals surface area contributed by atoms with Crippen LogP contribution in [-0.2, 0) is 32.4 Å². The molecule has 0 unspecified atom stereocenters. The van der Waals surface area contributed by atoms with Gasteiger partial charge >= 0.3 is 272 Å². The molecule has 0 saturated carbocycles. The summed E-state index contributed by atoms with van der Waals surface area (Å²) in [5, 5.41) is 37.2. The van der Waals surface area contributed by atoms with Crippen LogP contribution in [0.4, 0.5) is 0 Å². The summed E-state index contributed by atoms with van der Waals surface area (Å²) in [7, 11) is -16.7. The Labute approximate surface area is 403 Å². The smallest absolute Gasteiger partial charge is 0.822 e. The first-order valence-electron chi connectivity index (χ1n) is 5.32. The van der Waals surface area contributed by atoms with Gasteiger partial charge in [0.05, 0.1) is 15.6 Å². The average molecular weight is 666 g/mol. The molecule has 30 heteroatoms. The van der Waals surface area contributed by atoms with Crippen molar-refractivity contribution in [2.75, 3.05) is 0 Å². The SMILES string of the molecule is O=C([O-])CC(O)(CC(=O)[O-])C(=O)O.O=P([O-])([O-])OP(=O)([O-])[O-].O=P([O-])([O-])[O-].[Na+].[Na+].[Na+].[Na+].[Na+].[Na+].[Na+].[Na+].[Na+]. The van der Waals surface area contributed by atoms with Crippen LogP contribution in [0.2, 0.25) is 0 Å². The molecule has 0 radical (unpaired) electrons. The predicted molar refractivity (Wildman–Crippen MR) is 55.7 cm³/mol. The van der Waals surface area contributed by atoms with Crippen LogP contribution in [-0.4, -0.2) is 33.7 Å². The number of phosphoric acid groups is 3. The molecule has 0 aromatic heterocycles. The molecule has 0 heterocycles. The molecule has 0 aliphatic rings. The van der Waals surface area contributed by atoms with Gasteiger partial charge in [0.1, 0.15) is 0 Å². The van der Waals surface area contributed by atoms with Crippen molar-refractivity contribution in [2.24, 2.45) is 0 Å². The monoisotopic (exact) mass is 666 g/mol. The molecule has 18 nitrogen and oxygen atoms in total. The second-order valence-electron chi connectivity index (χ2n) is 3.86. The number of aliphatic carboxylic acids is 3. The summed E-state index contributed by atoms with van der Waals surface area (Å²) in [5.74, 6) is -5.65.